The van der Waals surface area contributed by atoms with Gasteiger partial charge in [-0.2, -0.15) is 5.10 Å². The fourth-order valence-corrected chi connectivity index (χ4v) is 3.34. The van der Waals surface area contributed by atoms with Crippen molar-refractivity contribution in [1.82, 2.24) is 19.8 Å². The summed E-state index contributed by atoms with van der Waals surface area (Å²) in [5.74, 6) is 0. The van der Waals surface area contributed by atoms with E-state index in [2.05, 4.69) is 15.1 Å². The lowest BCUT2D eigenvalue weighted by atomic mass is 10.0. The molecule has 0 aromatic carbocycles. The van der Waals surface area contributed by atoms with Crippen LogP contribution >= 0.6 is 12.4 Å². The monoisotopic (exact) mass is 294 g/mol. The topological polar surface area (TPSA) is 76.0 Å². The number of nitrogens with one attached hydrogen (secondary N) is 2. The highest BCUT2D eigenvalue weighted by atomic mass is 35.5. The van der Waals surface area contributed by atoms with Crippen LogP contribution < -0.4 is 10.0 Å². The fraction of sp³-hybridized carbons (Fsp3) is 0.700. The molecule has 1 aromatic heterocycles. The maximum absolute atomic E-state index is 12.1. The second kappa shape index (κ2) is 6.01. The maximum Gasteiger partial charge on any atom is 0.243 e. The molecule has 0 amide bonds. The van der Waals surface area contributed by atoms with Crippen LogP contribution in [0.5, 0.6) is 0 Å². The summed E-state index contributed by atoms with van der Waals surface area (Å²) < 4.78 is 28.3. The number of hydrogen-bond acceptors (Lipinski definition) is 4. The Bertz CT molecular complexity index is 488. The Labute approximate surface area is 114 Å². The van der Waals surface area contributed by atoms with Crippen molar-refractivity contribution in [1.29, 1.82) is 0 Å². The highest BCUT2D eigenvalue weighted by Crippen LogP contribution is 2.13. The zero-order valence-electron chi connectivity index (χ0n) is 10.5. The Kier molecular flexibility index (Phi) is 5.15. The highest BCUT2D eigenvalue weighted by molar-refractivity contribution is 7.89. The minimum atomic E-state index is -3.45. The van der Waals surface area contributed by atoms with Gasteiger partial charge in [0.2, 0.25) is 10.0 Å². The number of hydrogen-bond donors (Lipinski definition) is 2. The molecule has 8 heteroatoms. The molecule has 2 rings (SSSR count). The number of nitrogens with zero attached hydrogens (tertiary/aromatic N) is 2. The summed E-state index contributed by atoms with van der Waals surface area (Å²) in [5.41, 5.74) is 0. The van der Waals surface area contributed by atoms with Crippen molar-refractivity contribution in [2.45, 2.75) is 36.7 Å². The zero-order chi connectivity index (χ0) is 12.5. The summed E-state index contributed by atoms with van der Waals surface area (Å²) in [6.45, 7) is 2.95. The van der Waals surface area contributed by atoms with Crippen LogP contribution in [0.15, 0.2) is 17.3 Å². The average Bonchev–Trinajstić information content (AvgIpc) is 2.69. The molecule has 6 nitrogen and oxygen atoms in total. The molecule has 2 unspecified atom stereocenters. The summed E-state index contributed by atoms with van der Waals surface area (Å²) in [7, 11) is -1.75. The third kappa shape index (κ3) is 3.44. The Hall–Kier alpha value is -0.630. The van der Waals surface area contributed by atoms with E-state index in [1.165, 1.54) is 17.1 Å². The molecule has 0 spiro atoms. The molecule has 104 valence electrons. The van der Waals surface area contributed by atoms with Crippen LogP contribution in [-0.4, -0.2) is 36.8 Å². The lowest BCUT2D eigenvalue weighted by molar-refractivity contribution is 0.349. The van der Waals surface area contributed by atoms with Crippen molar-refractivity contribution in [3.05, 3.63) is 12.4 Å². The van der Waals surface area contributed by atoms with E-state index in [1.54, 1.807) is 7.05 Å². The van der Waals surface area contributed by atoms with E-state index in [1.807, 2.05) is 6.92 Å². The molecule has 1 aliphatic rings. The molecule has 1 aliphatic heterocycles. The van der Waals surface area contributed by atoms with E-state index in [9.17, 15) is 8.42 Å². The molecule has 1 fully saturated rings. The van der Waals surface area contributed by atoms with Crippen molar-refractivity contribution in [2.75, 3.05) is 6.54 Å². The Morgan fingerprint density at radius 2 is 2.28 bits per heavy atom. The van der Waals surface area contributed by atoms with Gasteiger partial charge in [0, 0.05) is 25.3 Å². The molecular weight excluding hydrogens is 276 g/mol. The SMILES string of the molecule is CC1NCCCC1NS(=O)(=O)c1cnn(C)c1.Cl. The maximum atomic E-state index is 12.1. The van der Waals surface area contributed by atoms with Crippen molar-refractivity contribution in [3.63, 3.8) is 0 Å². The van der Waals surface area contributed by atoms with Crippen molar-refractivity contribution in [2.24, 2.45) is 7.05 Å². The average molecular weight is 295 g/mol. The summed E-state index contributed by atoms with van der Waals surface area (Å²) in [6.07, 6.45) is 4.73. The van der Waals surface area contributed by atoms with Crippen molar-refractivity contribution >= 4 is 22.4 Å². The molecule has 1 saturated heterocycles. The van der Waals surface area contributed by atoms with E-state index >= 15 is 0 Å². The molecule has 2 atom stereocenters. The quantitative estimate of drug-likeness (QED) is 0.838. The van der Waals surface area contributed by atoms with Gasteiger partial charge in [0.05, 0.1) is 6.20 Å². The first-order valence-electron chi connectivity index (χ1n) is 5.73. The smallest absolute Gasteiger partial charge is 0.243 e. The van der Waals surface area contributed by atoms with E-state index in [4.69, 9.17) is 0 Å². The van der Waals surface area contributed by atoms with Crippen LogP contribution in [0.1, 0.15) is 19.8 Å². The van der Waals surface area contributed by atoms with Gasteiger partial charge in [0.25, 0.3) is 0 Å². The number of halogens is 1. The summed E-state index contributed by atoms with van der Waals surface area (Å²) in [6, 6.07) is 0.115. The van der Waals surface area contributed by atoms with Gasteiger partial charge >= 0.3 is 0 Å². The molecule has 1 aromatic rings. The van der Waals surface area contributed by atoms with Crippen LogP contribution in [0.2, 0.25) is 0 Å². The largest absolute Gasteiger partial charge is 0.313 e. The minimum absolute atomic E-state index is 0. The summed E-state index contributed by atoms with van der Waals surface area (Å²) in [4.78, 5) is 0.220. The third-order valence-corrected chi connectivity index (χ3v) is 4.50. The highest BCUT2D eigenvalue weighted by Gasteiger charge is 2.27. The van der Waals surface area contributed by atoms with Gasteiger partial charge in [-0.1, -0.05) is 0 Å². The van der Waals surface area contributed by atoms with E-state index < -0.39 is 10.0 Å². The second-order valence-corrected chi connectivity index (χ2v) is 6.18. The van der Waals surface area contributed by atoms with Crippen LogP contribution in [-0.2, 0) is 17.1 Å². The molecule has 0 bridgehead atoms. The summed E-state index contributed by atoms with van der Waals surface area (Å²) >= 11 is 0. The Morgan fingerprint density at radius 1 is 1.56 bits per heavy atom. The molecule has 18 heavy (non-hydrogen) atoms. The predicted octanol–water partition coefficient (Wildman–Crippen LogP) is 0.261. The number of aromatic nitrogens is 2. The Balaban J connectivity index is 0.00000162. The number of aryl methyl sites for hydroxylation is 1. The first-order valence-corrected chi connectivity index (χ1v) is 7.22. The lowest BCUT2D eigenvalue weighted by Gasteiger charge is -2.30. The molecular formula is C10H19ClN4O2S. The first-order chi connectivity index (χ1) is 7.99. The summed E-state index contributed by atoms with van der Waals surface area (Å²) in [5, 5.41) is 7.14. The van der Waals surface area contributed by atoms with E-state index in [0.29, 0.717) is 0 Å². The van der Waals surface area contributed by atoms with Crippen molar-refractivity contribution < 1.29 is 8.42 Å². The van der Waals surface area contributed by atoms with Crippen LogP contribution in [0.3, 0.4) is 0 Å². The molecule has 0 radical (unpaired) electrons. The third-order valence-electron chi connectivity index (χ3n) is 3.06. The van der Waals surface area contributed by atoms with Crippen LogP contribution in [0, 0.1) is 0 Å². The van der Waals surface area contributed by atoms with Gasteiger partial charge < -0.3 is 5.32 Å². The zero-order valence-corrected chi connectivity index (χ0v) is 12.1. The lowest BCUT2D eigenvalue weighted by Crippen LogP contribution is -2.51. The molecule has 0 saturated carbocycles. The number of sulfonamides is 1. The fourth-order valence-electron chi connectivity index (χ4n) is 2.01. The first kappa shape index (κ1) is 15.4. The predicted molar refractivity (Wildman–Crippen MR) is 71.3 cm³/mol. The van der Waals surface area contributed by atoms with Gasteiger partial charge in [-0.25, -0.2) is 13.1 Å². The molecule has 2 N–H and O–H groups in total. The van der Waals surface area contributed by atoms with E-state index in [0.717, 1.165) is 19.4 Å². The molecule has 0 aliphatic carbocycles. The number of rotatable bonds is 3. The van der Waals surface area contributed by atoms with Gasteiger partial charge in [-0.15, -0.1) is 12.4 Å². The van der Waals surface area contributed by atoms with Gasteiger partial charge in [-0.3, -0.25) is 4.68 Å². The number of piperidine rings is 1. The minimum Gasteiger partial charge on any atom is -0.313 e. The van der Waals surface area contributed by atoms with Crippen LogP contribution in [0.25, 0.3) is 0 Å². The Morgan fingerprint density at radius 3 is 2.83 bits per heavy atom. The van der Waals surface area contributed by atoms with Gasteiger partial charge in [0.15, 0.2) is 0 Å². The van der Waals surface area contributed by atoms with Crippen molar-refractivity contribution in [3.8, 4) is 0 Å². The van der Waals surface area contributed by atoms with E-state index in [-0.39, 0.29) is 29.4 Å². The standard InChI is InChI=1S/C10H18N4O2S.ClH/c1-8-10(4-3-5-11-8)13-17(15,16)9-6-12-14(2)7-9;/h6-8,10-11,13H,3-5H2,1-2H3;1H. The normalized spacial score (nSPS) is 24.6. The van der Waals surface area contributed by atoms with Crippen LogP contribution in [0.4, 0.5) is 0 Å². The van der Waals surface area contributed by atoms with Gasteiger partial charge in [0.1, 0.15) is 4.90 Å². The molecule has 2 heterocycles. The second-order valence-electron chi connectivity index (χ2n) is 4.46. The van der Waals surface area contributed by atoms with Gasteiger partial charge in [-0.05, 0) is 26.3 Å².